The molecule has 0 unspecified atom stereocenters. The van der Waals surface area contributed by atoms with Crippen molar-refractivity contribution in [3.63, 3.8) is 0 Å². The smallest absolute Gasteiger partial charge is 0.321 e. The molecule has 0 saturated heterocycles. The number of carbonyl (C=O) groups excluding carboxylic acids is 2. The summed E-state index contributed by atoms with van der Waals surface area (Å²) in [6, 6.07) is 11.9. The maximum Gasteiger partial charge on any atom is 0.321 e. The fraction of sp³-hybridized carbons (Fsp3) is 0.357. The molecule has 0 aliphatic carbocycles. The number of rotatable bonds is 8. The van der Waals surface area contributed by atoms with Gasteiger partial charge in [0.05, 0.1) is 30.4 Å². The van der Waals surface area contributed by atoms with Gasteiger partial charge in [-0.3, -0.25) is 9.52 Å². The van der Waals surface area contributed by atoms with Crippen molar-refractivity contribution in [1.82, 2.24) is 9.80 Å². The maximum absolute atomic E-state index is 13.7. The summed E-state index contributed by atoms with van der Waals surface area (Å²) < 4.78 is 46.0. The summed E-state index contributed by atoms with van der Waals surface area (Å²) in [5.41, 5.74) is 0.760. The van der Waals surface area contributed by atoms with Crippen LogP contribution in [0.25, 0.3) is 0 Å². The Morgan fingerprint density at radius 2 is 1.98 bits per heavy atom. The average molecular weight is 617 g/mol. The monoisotopic (exact) mass is 616 g/mol. The Morgan fingerprint density at radius 3 is 2.71 bits per heavy atom. The lowest BCUT2D eigenvalue weighted by Gasteiger charge is -2.38. The first-order chi connectivity index (χ1) is 20.1. The third-order valence-electron chi connectivity index (χ3n) is 7.12. The SMILES string of the molecule is C[C@H](CO)N1C[C@H](C)[C@H](CN(C)C(=O)Nc2ccc3c(c2)OCO3)Oc2c(NS(=O)(=O)c3cccs3)cccc2C1=O. The summed E-state index contributed by atoms with van der Waals surface area (Å²) >= 11 is 1.06. The number of amides is 3. The summed E-state index contributed by atoms with van der Waals surface area (Å²) in [6.07, 6.45) is -0.648. The number of aliphatic hydroxyl groups is 1. The average Bonchev–Trinajstić information content (AvgIpc) is 3.67. The number of benzene rings is 2. The van der Waals surface area contributed by atoms with Crippen LogP contribution in [0.2, 0.25) is 0 Å². The Hall–Kier alpha value is -4.01. The molecular formula is C28H32N4O8S2. The molecule has 5 rings (SSSR count). The molecule has 3 N–H and O–H groups in total. The van der Waals surface area contributed by atoms with Crippen molar-refractivity contribution in [3.8, 4) is 17.2 Å². The second-order valence-corrected chi connectivity index (χ2v) is 13.1. The molecule has 14 heteroatoms. The molecule has 12 nitrogen and oxygen atoms in total. The molecule has 2 aromatic carbocycles. The number of nitrogens with zero attached hydrogens (tertiary/aromatic N) is 2. The highest BCUT2D eigenvalue weighted by Gasteiger charge is 2.35. The van der Waals surface area contributed by atoms with Crippen molar-refractivity contribution < 1.29 is 37.3 Å². The number of urea groups is 1. The Bertz CT molecular complexity index is 1560. The van der Waals surface area contributed by atoms with Gasteiger partial charge in [-0.15, -0.1) is 11.3 Å². The quantitative estimate of drug-likeness (QED) is 0.348. The molecule has 0 bridgehead atoms. The van der Waals surface area contributed by atoms with Crippen molar-refractivity contribution in [3.05, 3.63) is 59.5 Å². The first-order valence-electron chi connectivity index (χ1n) is 13.3. The van der Waals surface area contributed by atoms with Crippen molar-refractivity contribution in [2.45, 2.75) is 30.2 Å². The number of thiophene rings is 1. The number of hydrogen-bond acceptors (Lipinski definition) is 9. The van der Waals surface area contributed by atoms with Crippen LogP contribution in [0.15, 0.2) is 58.1 Å². The Labute approximate surface area is 247 Å². The summed E-state index contributed by atoms with van der Waals surface area (Å²) in [6.45, 7) is 3.82. The number of para-hydroxylation sites is 1. The minimum absolute atomic E-state index is 0.0545. The van der Waals surface area contributed by atoms with Crippen LogP contribution in [-0.4, -0.2) is 80.9 Å². The molecule has 2 aliphatic heterocycles. The number of fused-ring (bicyclic) bond motifs is 2. The molecule has 224 valence electrons. The number of nitrogens with one attached hydrogen (secondary N) is 2. The van der Waals surface area contributed by atoms with E-state index in [2.05, 4.69) is 10.0 Å². The minimum atomic E-state index is -3.95. The normalized spacial score (nSPS) is 18.8. The zero-order chi connectivity index (χ0) is 30.0. The molecule has 3 amide bonds. The van der Waals surface area contributed by atoms with Crippen LogP contribution in [0.5, 0.6) is 17.2 Å². The first kappa shape index (κ1) is 29.5. The summed E-state index contributed by atoms with van der Waals surface area (Å²) in [7, 11) is -2.34. The van der Waals surface area contributed by atoms with Crippen LogP contribution < -0.4 is 24.2 Å². The number of ether oxygens (including phenoxy) is 3. The number of sulfonamides is 1. The molecule has 0 saturated carbocycles. The van der Waals surface area contributed by atoms with Crippen LogP contribution in [0.4, 0.5) is 16.2 Å². The lowest BCUT2D eigenvalue weighted by Crippen LogP contribution is -2.50. The van der Waals surface area contributed by atoms with Gasteiger partial charge in [-0.05, 0) is 42.6 Å². The molecule has 0 fully saturated rings. The zero-order valence-corrected chi connectivity index (χ0v) is 24.9. The fourth-order valence-corrected chi connectivity index (χ4v) is 6.75. The predicted octanol–water partition coefficient (Wildman–Crippen LogP) is 3.66. The first-order valence-corrected chi connectivity index (χ1v) is 15.6. The molecule has 0 spiro atoms. The van der Waals surface area contributed by atoms with E-state index in [1.165, 1.54) is 17.0 Å². The van der Waals surface area contributed by atoms with E-state index in [1.807, 2.05) is 6.92 Å². The van der Waals surface area contributed by atoms with E-state index >= 15 is 0 Å². The van der Waals surface area contributed by atoms with Gasteiger partial charge in [0.25, 0.3) is 15.9 Å². The highest BCUT2D eigenvalue weighted by Crippen LogP contribution is 2.37. The van der Waals surface area contributed by atoms with E-state index in [9.17, 15) is 23.1 Å². The standard InChI is InChI=1S/C28H32N4O8S2/c1-17-13-32(18(2)15-33)27(34)20-6-4-7-21(30-42(36,37)25-8-5-11-41-25)26(20)40-24(17)14-31(3)28(35)29-19-9-10-22-23(12-19)39-16-38-22/h4-12,17-18,24,30,33H,13-16H2,1-3H3,(H,29,35)/t17-,18+,24-/m0/s1. The predicted molar refractivity (Wildman–Crippen MR) is 157 cm³/mol. The van der Waals surface area contributed by atoms with Gasteiger partial charge in [-0.2, -0.15) is 0 Å². The summed E-state index contributed by atoms with van der Waals surface area (Å²) in [5.74, 6) is 0.475. The lowest BCUT2D eigenvalue weighted by atomic mass is 9.99. The molecule has 3 aromatic rings. The van der Waals surface area contributed by atoms with E-state index in [-0.39, 0.29) is 53.6 Å². The maximum atomic E-state index is 13.7. The summed E-state index contributed by atoms with van der Waals surface area (Å²) in [5, 5.41) is 14.4. The van der Waals surface area contributed by atoms with Crippen LogP contribution in [0, 0.1) is 5.92 Å². The largest absolute Gasteiger partial charge is 0.485 e. The van der Waals surface area contributed by atoms with Gasteiger partial charge in [0, 0.05) is 31.3 Å². The van der Waals surface area contributed by atoms with Crippen LogP contribution in [-0.2, 0) is 10.0 Å². The molecule has 1 aromatic heterocycles. The number of hydrogen-bond donors (Lipinski definition) is 3. The lowest BCUT2D eigenvalue weighted by molar-refractivity contribution is 0.0373. The molecular weight excluding hydrogens is 584 g/mol. The van der Waals surface area contributed by atoms with Crippen molar-refractivity contribution in [2.75, 3.05) is 43.6 Å². The highest BCUT2D eigenvalue weighted by atomic mass is 32.2. The number of carbonyl (C=O) groups is 2. The van der Waals surface area contributed by atoms with Gasteiger partial charge in [0.15, 0.2) is 17.2 Å². The number of aliphatic hydroxyl groups excluding tert-OH is 1. The van der Waals surface area contributed by atoms with Gasteiger partial charge >= 0.3 is 6.03 Å². The van der Waals surface area contributed by atoms with Crippen LogP contribution >= 0.6 is 11.3 Å². The third-order valence-corrected chi connectivity index (χ3v) is 9.88. The van der Waals surface area contributed by atoms with Crippen molar-refractivity contribution >= 4 is 44.7 Å². The van der Waals surface area contributed by atoms with Gasteiger partial charge in [-0.25, -0.2) is 13.2 Å². The van der Waals surface area contributed by atoms with E-state index in [1.54, 1.807) is 60.6 Å². The van der Waals surface area contributed by atoms with Gasteiger partial charge in [-0.1, -0.05) is 19.1 Å². The van der Waals surface area contributed by atoms with Gasteiger partial charge in [0.1, 0.15) is 10.3 Å². The highest BCUT2D eigenvalue weighted by molar-refractivity contribution is 7.94. The molecule has 2 aliphatic rings. The van der Waals surface area contributed by atoms with Crippen LogP contribution in [0.1, 0.15) is 24.2 Å². The van der Waals surface area contributed by atoms with Crippen LogP contribution in [0.3, 0.4) is 0 Å². The third kappa shape index (κ3) is 6.10. The minimum Gasteiger partial charge on any atom is -0.485 e. The Kier molecular flexibility index (Phi) is 8.48. The second-order valence-electron chi connectivity index (χ2n) is 10.2. The van der Waals surface area contributed by atoms with E-state index < -0.39 is 34.1 Å². The number of likely N-dealkylation sites (N-methyl/N-ethyl adjacent to an activating group) is 1. The van der Waals surface area contributed by atoms with Gasteiger partial charge < -0.3 is 34.4 Å². The number of anilines is 2. The Morgan fingerprint density at radius 1 is 1.19 bits per heavy atom. The fourth-order valence-electron chi connectivity index (χ4n) is 4.70. The van der Waals surface area contributed by atoms with Gasteiger partial charge in [0.2, 0.25) is 6.79 Å². The molecule has 0 radical (unpaired) electrons. The van der Waals surface area contributed by atoms with E-state index in [4.69, 9.17) is 14.2 Å². The van der Waals surface area contributed by atoms with E-state index in [0.717, 1.165) is 11.3 Å². The second kappa shape index (κ2) is 12.1. The van der Waals surface area contributed by atoms with Crippen molar-refractivity contribution in [2.24, 2.45) is 5.92 Å². The molecule has 3 atom stereocenters. The van der Waals surface area contributed by atoms with E-state index in [0.29, 0.717) is 17.2 Å². The molecule has 3 heterocycles. The topological polar surface area (TPSA) is 147 Å². The molecule has 42 heavy (non-hydrogen) atoms. The Balaban J connectivity index is 1.43. The zero-order valence-electron chi connectivity index (χ0n) is 23.3. The summed E-state index contributed by atoms with van der Waals surface area (Å²) in [4.78, 5) is 29.8. The van der Waals surface area contributed by atoms with Crippen molar-refractivity contribution in [1.29, 1.82) is 0 Å².